The number of anilines is 1. The van der Waals surface area contributed by atoms with Crippen molar-refractivity contribution < 1.29 is 13.2 Å². The van der Waals surface area contributed by atoms with E-state index >= 15 is 0 Å². The van der Waals surface area contributed by atoms with Crippen molar-refractivity contribution in [3.05, 3.63) is 64.7 Å². The van der Waals surface area contributed by atoms with Crippen molar-refractivity contribution in [2.45, 2.75) is 25.7 Å². The predicted octanol–water partition coefficient (Wildman–Crippen LogP) is 4.33. The van der Waals surface area contributed by atoms with Crippen LogP contribution in [-0.4, -0.2) is 31.7 Å². The van der Waals surface area contributed by atoms with Crippen LogP contribution in [0.3, 0.4) is 0 Å². The molecule has 0 radical (unpaired) electrons. The van der Waals surface area contributed by atoms with Gasteiger partial charge in [-0.3, -0.25) is 4.79 Å². The molecule has 1 amide bonds. The topological polar surface area (TPSA) is 66.5 Å². The van der Waals surface area contributed by atoms with Crippen molar-refractivity contribution in [1.29, 1.82) is 0 Å². The molecular formula is C20H23ClN2O3S. The van der Waals surface area contributed by atoms with Crippen molar-refractivity contribution in [3.8, 4) is 0 Å². The van der Waals surface area contributed by atoms with Gasteiger partial charge in [0.25, 0.3) is 0 Å². The molecule has 0 saturated carbocycles. The average Bonchev–Trinajstić information content (AvgIpc) is 2.63. The maximum atomic E-state index is 12.5. The lowest BCUT2D eigenvalue weighted by Crippen LogP contribution is -2.30. The van der Waals surface area contributed by atoms with E-state index in [0.717, 1.165) is 11.1 Å². The number of aryl methyl sites for hydroxylation is 1. The highest BCUT2D eigenvalue weighted by Gasteiger charge is 2.20. The molecule has 0 aromatic heterocycles. The van der Waals surface area contributed by atoms with Crippen molar-refractivity contribution in [3.63, 3.8) is 0 Å². The van der Waals surface area contributed by atoms with Crippen LogP contribution in [0.5, 0.6) is 0 Å². The maximum absolute atomic E-state index is 12.5. The Bertz CT molecular complexity index is 934. The third kappa shape index (κ3) is 5.42. The number of nitrogens with zero attached hydrogens (tertiary/aromatic N) is 1. The largest absolute Gasteiger partial charge is 0.322 e. The van der Waals surface area contributed by atoms with Crippen molar-refractivity contribution in [2.24, 2.45) is 0 Å². The van der Waals surface area contributed by atoms with Gasteiger partial charge in [0, 0.05) is 29.9 Å². The SMILES string of the molecule is CCN(CC)S(=O)(=O)c1ccc(C=CC(=O)Nc2ccc(Cl)cc2C)cc1. The van der Waals surface area contributed by atoms with Crippen molar-refractivity contribution >= 4 is 39.3 Å². The minimum Gasteiger partial charge on any atom is -0.322 e. The van der Waals surface area contributed by atoms with Crippen LogP contribution < -0.4 is 5.32 Å². The fourth-order valence-electron chi connectivity index (χ4n) is 2.58. The number of hydrogen-bond acceptors (Lipinski definition) is 3. The molecule has 2 rings (SSSR count). The standard InChI is InChI=1S/C20H23ClN2O3S/c1-4-23(5-2)27(25,26)18-10-6-16(7-11-18)8-13-20(24)22-19-12-9-17(21)14-15(19)3/h6-14H,4-5H2,1-3H3,(H,22,24). The molecule has 0 fully saturated rings. The smallest absolute Gasteiger partial charge is 0.248 e. The lowest BCUT2D eigenvalue weighted by atomic mass is 10.2. The summed E-state index contributed by atoms with van der Waals surface area (Å²) in [7, 11) is -3.48. The number of benzene rings is 2. The summed E-state index contributed by atoms with van der Waals surface area (Å²) in [4.78, 5) is 12.3. The van der Waals surface area contributed by atoms with Crippen molar-refractivity contribution in [1.82, 2.24) is 4.31 Å². The second kappa shape index (κ2) is 9.17. The van der Waals surface area contributed by atoms with Gasteiger partial charge in [0.15, 0.2) is 0 Å². The number of halogens is 1. The van der Waals surface area contributed by atoms with E-state index in [-0.39, 0.29) is 10.8 Å². The van der Waals surface area contributed by atoms with Crippen LogP contribution in [0.4, 0.5) is 5.69 Å². The fourth-order valence-corrected chi connectivity index (χ4v) is 4.26. The molecule has 0 spiro atoms. The van der Waals surface area contributed by atoms with Crippen LogP contribution >= 0.6 is 11.6 Å². The lowest BCUT2D eigenvalue weighted by Gasteiger charge is -2.18. The van der Waals surface area contributed by atoms with Gasteiger partial charge in [-0.2, -0.15) is 4.31 Å². The first-order valence-corrected chi connectivity index (χ1v) is 10.4. The highest BCUT2D eigenvalue weighted by molar-refractivity contribution is 7.89. The number of sulfonamides is 1. The number of nitrogens with one attached hydrogen (secondary N) is 1. The molecule has 144 valence electrons. The predicted molar refractivity (Wildman–Crippen MR) is 110 cm³/mol. The molecule has 0 saturated heterocycles. The summed E-state index contributed by atoms with van der Waals surface area (Å²) in [6.07, 6.45) is 3.04. The third-order valence-electron chi connectivity index (χ3n) is 4.10. The summed E-state index contributed by atoms with van der Waals surface area (Å²) >= 11 is 5.90. The fraction of sp³-hybridized carbons (Fsp3) is 0.250. The van der Waals surface area contributed by atoms with Gasteiger partial charge in [-0.05, 0) is 54.5 Å². The second-order valence-corrected chi connectivity index (χ2v) is 8.31. The molecule has 27 heavy (non-hydrogen) atoms. The highest BCUT2D eigenvalue weighted by atomic mass is 35.5. The van der Waals surface area contributed by atoms with E-state index in [1.807, 2.05) is 6.92 Å². The van der Waals surface area contributed by atoms with Crippen LogP contribution in [0.15, 0.2) is 53.4 Å². The molecule has 0 atom stereocenters. The molecule has 0 bridgehead atoms. The monoisotopic (exact) mass is 406 g/mol. The summed E-state index contributed by atoms with van der Waals surface area (Å²) in [6.45, 7) is 6.31. The van der Waals surface area contributed by atoms with Crippen LogP contribution in [-0.2, 0) is 14.8 Å². The van der Waals surface area contributed by atoms with Gasteiger partial charge < -0.3 is 5.32 Å². The first-order valence-electron chi connectivity index (χ1n) is 8.63. The van der Waals surface area contributed by atoms with Crippen LogP contribution in [0.25, 0.3) is 6.08 Å². The molecule has 1 N–H and O–H groups in total. The molecule has 0 aliphatic rings. The minimum absolute atomic E-state index is 0.240. The number of hydrogen-bond donors (Lipinski definition) is 1. The Labute approximate surface area is 165 Å². The quantitative estimate of drug-likeness (QED) is 0.696. The molecule has 7 heteroatoms. The zero-order valence-electron chi connectivity index (χ0n) is 15.6. The number of amides is 1. The normalized spacial score (nSPS) is 11.9. The van der Waals surface area contributed by atoms with Crippen LogP contribution in [0.1, 0.15) is 25.0 Å². The second-order valence-electron chi connectivity index (χ2n) is 5.94. The Morgan fingerprint density at radius 1 is 1.11 bits per heavy atom. The molecule has 2 aromatic rings. The van der Waals surface area contributed by atoms with Crippen molar-refractivity contribution in [2.75, 3.05) is 18.4 Å². The minimum atomic E-state index is -3.48. The maximum Gasteiger partial charge on any atom is 0.248 e. The van der Waals surface area contributed by atoms with E-state index in [2.05, 4.69) is 5.32 Å². The highest BCUT2D eigenvalue weighted by Crippen LogP contribution is 2.20. The molecule has 5 nitrogen and oxygen atoms in total. The summed E-state index contributed by atoms with van der Waals surface area (Å²) in [5.74, 6) is -0.278. The molecular weight excluding hydrogens is 384 g/mol. The first-order chi connectivity index (χ1) is 12.8. The molecule has 2 aromatic carbocycles. The summed E-state index contributed by atoms with van der Waals surface area (Å²) in [5, 5.41) is 3.40. The number of rotatable bonds is 7. The van der Waals surface area contributed by atoms with Gasteiger partial charge in [0.1, 0.15) is 0 Å². The van der Waals surface area contributed by atoms with Gasteiger partial charge in [0.2, 0.25) is 15.9 Å². The number of carbonyl (C=O) groups is 1. The molecule has 0 aliphatic heterocycles. The average molecular weight is 407 g/mol. The Balaban J connectivity index is 2.08. The Hall–Kier alpha value is -2.15. The van der Waals surface area contributed by atoms with Crippen LogP contribution in [0, 0.1) is 6.92 Å². The van der Waals surface area contributed by atoms with E-state index in [1.54, 1.807) is 62.4 Å². The molecule has 0 heterocycles. The zero-order valence-corrected chi connectivity index (χ0v) is 17.1. The Morgan fingerprint density at radius 2 is 1.74 bits per heavy atom. The van der Waals surface area contributed by atoms with Gasteiger partial charge in [-0.1, -0.05) is 37.6 Å². The van der Waals surface area contributed by atoms with E-state index < -0.39 is 10.0 Å². The molecule has 0 unspecified atom stereocenters. The summed E-state index contributed by atoms with van der Waals surface area (Å²) in [6, 6.07) is 11.7. The molecule has 0 aliphatic carbocycles. The number of carbonyl (C=O) groups excluding carboxylic acids is 1. The van der Waals surface area contributed by atoms with E-state index in [1.165, 1.54) is 10.4 Å². The summed E-state index contributed by atoms with van der Waals surface area (Å²) in [5.41, 5.74) is 2.29. The van der Waals surface area contributed by atoms with E-state index in [4.69, 9.17) is 11.6 Å². The van der Waals surface area contributed by atoms with Gasteiger partial charge in [0.05, 0.1) is 4.90 Å². The zero-order chi connectivity index (χ0) is 20.0. The van der Waals surface area contributed by atoms with E-state index in [0.29, 0.717) is 23.8 Å². The van der Waals surface area contributed by atoms with Gasteiger partial charge >= 0.3 is 0 Å². The first kappa shape index (κ1) is 21.2. The van der Waals surface area contributed by atoms with Crippen LogP contribution in [0.2, 0.25) is 5.02 Å². The van der Waals surface area contributed by atoms with Gasteiger partial charge in [-0.25, -0.2) is 8.42 Å². The lowest BCUT2D eigenvalue weighted by molar-refractivity contribution is -0.111. The Kier molecular flexibility index (Phi) is 7.18. The summed E-state index contributed by atoms with van der Waals surface area (Å²) < 4.78 is 26.3. The Morgan fingerprint density at radius 3 is 2.30 bits per heavy atom. The van der Waals surface area contributed by atoms with Gasteiger partial charge in [-0.15, -0.1) is 0 Å². The van der Waals surface area contributed by atoms with E-state index in [9.17, 15) is 13.2 Å². The third-order valence-corrected chi connectivity index (χ3v) is 6.40.